The van der Waals surface area contributed by atoms with Gasteiger partial charge in [-0.3, -0.25) is 4.99 Å². The maximum Gasteiger partial charge on any atom is 0.124 e. The van der Waals surface area contributed by atoms with Crippen molar-refractivity contribution < 1.29 is 5.11 Å². The smallest absolute Gasteiger partial charge is 0.124 e. The van der Waals surface area contributed by atoms with Crippen LogP contribution in [0, 0.1) is 0 Å². The van der Waals surface area contributed by atoms with Gasteiger partial charge in [0.25, 0.3) is 0 Å². The summed E-state index contributed by atoms with van der Waals surface area (Å²) in [7, 11) is 0. The summed E-state index contributed by atoms with van der Waals surface area (Å²) >= 11 is 1.85. The van der Waals surface area contributed by atoms with Crippen molar-refractivity contribution in [2.45, 2.75) is 11.3 Å². The van der Waals surface area contributed by atoms with Gasteiger partial charge in [0.2, 0.25) is 0 Å². The van der Waals surface area contributed by atoms with Crippen molar-refractivity contribution in [3.05, 3.63) is 96.1 Å². The van der Waals surface area contributed by atoms with Gasteiger partial charge in [-0.1, -0.05) is 60.7 Å². The molecule has 3 heteroatoms. The molecule has 0 saturated carbocycles. The largest absolute Gasteiger partial charge is 0.507 e. The molecular weight excluding hydrogens is 326 g/mol. The first-order chi connectivity index (χ1) is 12.3. The number of rotatable bonds is 7. The van der Waals surface area contributed by atoms with E-state index in [2.05, 4.69) is 24.3 Å². The average molecular weight is 347 g/mol. The maximum absolute atomic E-state index is 10.2. The van der Waals surface area contributed by atoms with Crippen LogP contribution in [0.1, 0.15) is 17.5 Å². The molecular formula is C22H21NOS. The molecule has 0 spiro atoms. The molecule has 0 amide bonds. The molecule has 3 rings (SSSR count). The second-order valence-corrected chi connectivity index (χ2v) is 6.80. The Labute approximate surface area is 153 Å². The monoisotopic (exact) mass is 347 g/mol. The van der Waals surface area contributed by atoms with E-state index in [4.69, 9.17) is 4.99 Å². The normalized spacial score (nSPS) is 11.4. The molecule has 0 aliphatic rings. The van der Waals surface area contributed by atoms with Gasteiger partial charge in [-0.25, -0.2) is 0 Å². The Morgan fingerprint density at radius 3 is 2.16 bits per heavy atom. The lowest BCUT2D eigenvalue weighted by Gasteiger charge is -2.09. The SMILES string of the molecule is Oc1ccccc1C(=NCCCSc1ccccc1)c1ccccc1. The highest BCUT2D eigenvalue weighted by Gasteiger charge is 2.10. The molecule has 0 bridgehead atoms. The highest BCUT2D eigenvalue weighted by molar-refractivity contribution is 7.99. The van der Waals surface area contributed by atoms with Gasteiger partial charge in [-0.15, -0.1) is 11.8 Å². The molecule has 0 atom stereocenters. The molecule has 1 N–H and O–H groups in total. The van der Waals surface area contributed by atoms with E-state index in [9.17, 15) is 5.11 Å². The zero-order chi connectivity index (χ0) is 17.3. The Hall–Kier alpha value is -2.52. The Morgan fingerprint density at radius 2 is 1.44 bits per heavy atom. The first-order valence-electron chi connectivity index (χ1n) is 8.40. The number of phenols is 1. The van der Waals surface area contributed by atoms with Gasteiger partial charge in [0.1, 0.15) is 5.75 Å². The van der Waals surface area contributed by atoms with Crippen LogP contribution in [0.15, 0.2) is 94.8 Å². The van der Waals surface area contributed by atoms with Gasteiger partial charge in [0.05, 0.1) is 5.71 Å². The number of thioether (sulfide) groups is 1. The molecule has 3 aromatic carbocycles. The van der Waals surface area contributed by atoms with Crippen molar-refractivity contribution >= 4 is 17.5 Å². The minimum absolute atomic E-state index is 0.267. The quantitative estimate of drug-likeness (QED) is 0.352. The summed E-state index contributed by atoms with van der Waals surface area (Å²) in [4.78, 5) is 6.09. The van der Waals surface area contributed by atoms with Crippen LogP contribution in [0.4, 0.5) is 0 Å². The standard InChI is InChI=1S/C22H21NOS/c24-21-15-8-7-14-20(21)22(18-10-3-1-4-11-18)23-16-9-17-25-19-12-5-2-6-13-19/h1-8,10-15,24H,9,16-17H2. The number of nitrogens with zero attached hydrogens (tertiary/aromatic N) is 1. The Bertz CT molecular complexity index is 816. The maximum atomic E-state index is 10.2. The fourth-order valence-corrected chi connectivity index (χ4v) is 3.42. The third-order valence-corrected chi connectivity index (χ3v) is 4.89. The number of aliphatic imine (C=N–C) groups is 1. The van der Waals surface area contributed by atoms with Crippen LogP contribution in [-0.4, -0.2) is 23.1 Å². The number of aromatic hydroxyl groups is 1. The van der Waals surface area contributed by atoms with Crippen molar-refractivity contribution in [2.24, 2.45) is 4.99 Å². The van der Waals surface area contributed by atoms with E-state index in [1.54, 1.807) is 6.07 Å². The number of hydrogen-bond acceptors (Lipinski definition) is 3. The van der Waals surface area contributed by atoms with E-state index in [1.807, 2.05) is 66.4 Å². The zero-order valence-corrected chi connectivity index (χ0v) is 14.8. The molecule has 0 aliphatic carbocycles. The highest BCUT2D eigenvalue weighted by Crippen LogP contribution is 2.21. The van der Waals surface area contributed by atoms with Gasteiger partial charge in [-0.05, 0) is 36.4 Å². The van der Waals surface area contributed by atoms with Crippen LogP contribution in [0.2, 0.25) is 0 Å². The van der Waals surface area contributed by atoms with Crippen molar-refractivity contribution in [1.29, 1.82) is 0 Å². The highest BCUT2D eigenvalue weighted by atomic mass is 32.2. The van der Waals surface area contributed by atoms with E-state index in [0.29, 0.717) is 0 Å². The van der Waals surface area contributed by atoms with Gasteiger partial charge in [0.15, 0.2) is 0 Å². The predicted molar refractivity (Wildman–Crippen MR) is 107 cm³/mol. The summed E-state index contributed by atoms with van der Waals surface area (Å²) in [6, 6.07) is 27.8. The second kappa shape index (κ2) is 9.09. The van der Waals surface area contributed by atoms with E-state index < -0.39 is 0 Å². The molecule has 25 heavy (non-hydrogen) atoms. The van der Waals surface area contributed by atoms with Gasteiger partial charge >= 0.3 is 0 Å². The summed E-state index contributed by atoms with van der Waals surface area (Å²) in [5.74, 6) is 1.29. The molecule has 3 aromatic rings. The first-order valence-corrected chi connectivity index (χ1v) is 9.39. The minimum Gasteiger partial charge on any atom is -0.507 e. The van der Waals surface area contributed by atoms with Crippen LogP contribution in [0.25, 0.3) is 0 Å². The molecule has 126 valence electrons. The van der Waals surface area contributed by atoms with Crippen molar-refractivity contribution in [3.8, 4) is 5.75 Å². The summed E-state index contributed by atoms with van der Waals surface area (Å²) in [6.45, 7) is 0.735. The molecule has 0 unspecified atom stereocenters. The molecule has 0 heterocycles. The number of phenolic OH excluding ortho intramolecular Hbond substituents is 1. The number of para-hydroxylation sites is 1. The zero-order valence-electron chi connectivity index (χ0n) is 14.0. The molecule has 0 fully saturated rings. The van der Waals surface area contributed by atoms with Crippen LogP contribution >= 0.6 is 11.8 Å². The third-order valence-electron chi connectivity index (χ3n) is 3.79. The van der Waals surface area contributed by atoms with Crippen molar-refractivity contribution in [1.82, 2.24) is 0 Å². The molecule has 0 aromatic heterocycles. The number of benzene rings is 3. The summed E-state index contributed by atoms with van der Waals surface area (Å²) < 4.78 is 0. The molecule has 0 saturated heterocycles. The Kier molecular flexibility index (Phi) is 6.29. The summed E-state index contributed by atoms with van der Waals surface area (Å²) in [5.41, 5.74) is 2.66. The van der Waals surface area contributed by atoms with E-state index in [1.165, 1.54) is 4.90 Å². The lowest BCUT2D eigenvalue weighted by Crippen LogP contribution is -2.05. The topological polar surface area (TPSA) is 32.6 Å². The summed E-state index contributed by atoms with van der Waals surface area (Å²) in [6.07, 6.45) is 0.990. The van der Waals surface area contributed by atoms with Crippen LogP contribution in [0.3, 0.4) is 0 Å². The van der Waals surface area contributed by atoms with Crippen LogP contribution in [0.5, 0.6) is 5.75 Å². The predicted octanol–water partition coefficient (Wildman–Crippen LogP) is 5.41. The van der Waals surface area contributed by atoms with Crippen molar-refractivity contribution in [2.75, 3.05) is 12.3 Å². The molecule has 2 nitrogen and oxygen atoms in total. The fraction of sp³-hybridized carbons (Fsp3) is 0.136. The van der Waals surface area contributed by atoms with E-state index >= 15 is 0 Å². The lowest BCUT2D eigenvalue weighted by atomic mass is 10.0. The second-order valence-electron chi connectivity index (χ2n) is 5.63. The Balaban J connectivity index is 1.69. The molecule has 0 radical (unpaired) electrons. The van der Waals surface area contributed by atoms with Crippen molar-refractivity contribution in [3.63, 3.8) is 0 Å². The van der Waals surface area contributed by atoms with Crippen LogP contribution < -0.4 is 0 Å². The van der Waals surface area contributed by atoms with Gasteiger partial charge in [-0.2, -0.15) is 0 Å². The van der Waals surface area contributed by atoms with E-state index in [-0.39, 0.29) is 5.75 Å². The van der Waals surface area contributed by atoms with Gasteiger partial charge < -0.3 is 5.11 Å². The minimum atomic E-state index is 0.267. The fourth-order valence-electron chi connectivity index (χ4n) is 2.56. The number of hydrogen-bond donors (Lipinski definition) is 1. The lowest BCUT2D eigenvalue weighted by molar-refractivity contribution is 0.474. The van der Waals surface area contributed by atoms with Gasteiger partial charge in [0, 0.05) is 22.6 Å². The van der Waals surface area contributed by atoms with E-state index in [0.717, 1.165) is 35.6 Å². The average Bonchev–Trinajstić information content (AvgIpc) is 2.67. The molecule has 0 aliphatic heterocycles. The third kappa shape index (κ3) is 4.97. The van der Waals surface area contributed by atoms with Crippen LogP contribution in [-0.2, 0) is 0 Å². The Morgan fingerprint density at radius 1 is 0.800 bits per heavy atom. The summed E-state index contributed by atoms with van der Waals surface area (Å²) in [5, 5.41) is 10.2. The first kappa shape index (κ1) is 17.3.